The average molecular weight is 222 g/mol. The number of nitrogens with two attached hydrogens (primary N) is 1. The van der Waals surface area contributed by atoms with Crippen molar-refractivity contribution in [3.8, 4) is 5.75 Å². The van der Waals surface area contributed by atoms with Gasteiger partial charge in [0.2, 0.25) is 0 Å². The topological polar surface area (TPSA) is 56.8 Å². The van der Waals surface area contributed by atoms with Gasteiger partial charge in [0.1, 0.15) is 5.75 Å². The van der Waals surface area contributed by atoms with Crippen molar-refractivity contribution < 1.29 is 9.47 Å². The van der Waals surface area contributed by atoms with E-state index in [4.69, 9.17) is 15.3 Å². The van der Waals surface area contributed by atoms with Crippen molar-refractivity contribution in [3.63, 3.8) is 0 Å². The number of nitrogens with zero attached hydrogens (tertiary/aromatic N) is 1. The molecule has 16 heavy (non-hydrogen) atoms. The third-order valence-electron chi connectivity index (χ3n) is 1.97. The van der Waals surface area contributed by atoms with Crippen LogP contribution in [0, 0.1) is 0 Å². The smallest absolute Gasteiger partial charge is 0.125 e. The Morgan fingerprint density at radius 2 is 2.19 bits per heavy atom. The van der Waals surface area contributed by atoms with Crippen LogP contribution in [0.1, 0.15) is 25.0 Å². The molecule has 0 aromatic heterocycles. The summed E-state index contributed by atoms with van der Waals surface area (Å²) in [4.78, 5) is 0. The average Bonchev–Trinajstić information content (AvgIpc) is 2.22. The van der Waals surface area contributed by atoms with Crippen LogP contribution in [-0.4, -0.2) is 19.4 Å². The minimum Gasteiger partial charge on any atom is -0.491 e. The van der Waals surface area contributed by atoms with Gasteiger partial charge in [0, 0.05) is 12.7 Å². The highest BCUT2D eigenvalue weighted by Gasteiger charge is 2.06. The molecule has 0 atom stereocenters. The summed E-state index contributed by atoms with van der Waals surface area (Å²) in [6.07, 6.45) is 1.74. The lowest BCUT2D eigenvalue weighted by atomic mass is 10.1. The van der Waals surface area contributed by atoms with Gasteiger partial charge in [0.25, 0.3) is 0 Å². The van der Waals surface area contributed by atoms with E-state index in [1.165, 1.54) is 0 Å². The Kier molecular flexibility index (Phi) is 4.79. The van der Waals surface area contributed by atoms with Crippen LogP contribution >= 0.6 is 0 Å². The molecule has 1 aromatic carbocycles. The van der Waals surface area contributed by atoms with Crippen LogP contribution in [0.2, 0.25) is 0 Å². The highest BCUT2D eigenvalue weighted by Crippen LogP contribution is 2.21. The SMILES string of the molecule is COCc1cc(C=NN)ccc1OC(C)C. The van der Waals surface area contributed by atoms with Gasteiger partial charge in [-0.15, -0.1) is 0 Å². The monoisotopic (exact) mass is 222 g/mol. The van der Waals surface area contributed by atoms with Crippen molar-refractivity contribution in [2.75, 3.05) is 7.11 Å². The number of hydrazone groups is 1. The molecule has 0 saturated carbocycles. The lowest BCUT2D eigenvalue weighted by Gasteiger charge is -2.14. The maximum absolute atomic E-state index is 5.68. The van der Waals surface area contributed by atoms with E-state index in [9.17, 15) is 0 Å². The minimum absolute atomic E-state index is 0.143. The number of hydrogen-bond donors (Lipinski definition) is 1. The second-order valence-electron chi connectivity index (χ2n) is 3.74. The van der Waals surface area contributed by atoms with Crippen molar-refractivity contribution in [1.29, 1.82) is 0 Å². The van der Waals surface area contributed by atoms with Crippen molar-refractivity contribution >= 4 is 6.21 Å². The lowest BCUT2D eigenvalue weighted by molar-refractivity contribution is 0.174. The highest BCUT2D eigenvalue weighted by atomic mass is 16.5. The van der Waals surface area contributed by atoms with E-state index in [2.05, 4.69) is 5.10 Å². The molecule has 2 N–H and O–H groups in total. The van der Waals surface area contributed by atoms with Crippen LogP contribution in [0.5, 0.6) is 5.75 Å². The van der Waals surface area contributed by atoms with E-state index in [1.54, 1.807) is 13.3 Å². The number of benzene rings is 1. The Balaban J connectivity index is 2.98. The molecule has 0 radical (unpaired) electrons. The normalized spacial score (nSPS) is 11.2. The number of rotatable bonds is 5. The number of methoxy groups -OCH3 is 1. The molecule has 0 amide bonds. The Labute approximate surface area is 96.1 Å². The highest BCUT2D eigenvalue weighted by molar-refractivity contribution is 5.80. The maximum atomic E-state index is 5.68. The number of hydrogen-bond acceptors (Lipinski definition) is 4. The molecule has 0 spiro atoms. The van der Waals surface area contributed by atoms with Gasteiger partial charge in [0.15, 0.2) is 0 Å². The Morgan fingerprint density at radius 3 is 2.75 bits per heavy atom. The fourth-order valence-corrected chi connectivity index (χ4v) is 1.40. The molecule has 4 nitrogen and oxygen atoms in total. The van der Waals surface area contributed by atoms with Crippen LogP contribution in [-0.2, 0) is 11.3 Å². The van der Waals surface area contributed by atoms with Crippen LogP contribution in [0.3, 0.4) is 0 Å². The summed E-state index contributed by atoms with van der Waals surface area (Å²) < 4.78 is 10.8. The molecule has 1 aromatic rings. The van der Waals surface area contributed by atoms with E-state index in [-0.39, 0.29) is 6.10 Å². The maximum Gasteiger partial charge on any atom is 0.125 e. The molecular formula is C12H18N2O2. The van der Waals surface area contributed by atoms with E-state index < -0.39 is 0 Å². The quantitative estimate of drug-likeness (QED) is 0.470. The summed E-state index contributed by atoms with van der Waals surface area (Å²) in [5, 5.41) is 3.49. The Bertz CT molecular complexity index is 362. The van der Waals surface area contributed by atoms with Crippen molar-refractivity contribution in [2.24, 2.45) is 10.9 Å². The molecule has 0 aliphatic rings. The molecule has 0 saturated heterocycles. The molecule has 0 bridgehead atoms. The van der Waals surface area contributed by atoms with E-state index in [1.807, 2.05) is 32.0 Å². The molecule has 0 unspecified atom stereocenters. The zero-order valence-corrected chi connectivity index (χ0v) is 9.93. The van der Waals surface area contributed by atoms with Gasteiger partial charge < -0.3 is 15.3 Å². The molecule has 0 fully saturated rings. The summed E-state index contributed by atoms with van der Waals surface area (Å²) in [7, 11) is 1.66. The summed E-state index contributed by atoms with van der Waals surface area (Å²) in [5.74, 6) is 5.95. The standard InChI is InChI=1S/C12H18N2O2/c1-9(2)16-12-5-4-10(7-14-13)6-11(12)8-15-3/h4-7,9H,8,13H2,1-3H3. The summed E-state index contributed by atoms with van der Waals surface area (Å²) in [6, 6.07) is 5.77. The second kappa shape index (κ2) is 6.12. The van der Waals surface area contributed by atoms with E-state index in [0.29, 0.717) is 6.61 Å². The lowest BCUT2D eigenvalue weighted by Crippen LogP contribution is -2.08. The third-order valence-corrected chi connectivity index (χ3v) is 1.97. The largest absolute Gasteiger partial charge is 0.491 e. The van der Waals surface area contributed by atoms with Crippen LogP contribution in [0.4, 0.5) is 0 Å². The van der Waals surface area contributed by atoms with Crippen molar-refractivity contribution in [2.45, 2.75) is 26.6 Å². The third kappa shape index (κ3) is 3.55. The molecule has 4 heteroatoms. The van der Waals surface area contributed by atoms with Gasteiger partial charge >= 0.3 is 0 Å². The molecular weight excluding hydrogens is 204 g/mol. The fraction of sp³-hybridized carbons (Fsp3) is 0.417. The van der Waals surface area contributed by atoms with E-state index in [0.717, 1.165) is 16.9 Å². The first kappa shape index (κ1) is 12.5. The summed E-state index contributed by atoms with van der Waals surface area (Å²) >= 11 is 0. The van der Waals surface area contributed by atoms with Crippen LogP contribution in [0.25, 0.3) is 0 Å². The first-order chi connectivity index (χ1) is 7.67. The zero-order valence-electron chi connectivity index (χ0n) is 9.93. The predicted molar refractivity (Wildman–Crippen MR) is 64.7 cm³/mol. The van der Waals surface area contributed by atoms with Gasteiger partial charge in [0.05, 0.1) is 18.9 Å². The summed E-state index contributed by atoms with van der Waals surface area (Å²) in [5.41, 5.74) is 1.93. The number of ether oxygens (including phenoxy) is 2. The van der Waals surface area contributed by atoms with Gasteiger partial charge in [-0.2, -0.15) is 5.10 Å². The van der Waals surface area contributed by atoms with Gasteiger partial charge in [-0.3, -0.25) is 0 Å². The Morgan fingerprint density at radius 1 is 1.44 bits per heavy atom. The van der Waals surface area contributed by atoms with Crippen LogP contribution < -0.4 is 10.6 Å². The zero-order chi connectivity index (χ0) is 12.0. The first-order valence-electron chi connectivity index (χ1n) is 5.19. The van der Waals surface area contributed by atoms with Gasteiger partial charge in [-0.1, -0.05) is 0 Å². The second-order valence-corrected chi connectivity index (χ2v) is 3.74. The van der Waals surface area contributed by atoms with Crippen molar-refractivity contribution in [1.82, 2.24) is 0 Å². The van der Waals surface area contributed by atoms with E-state index >= 15 is 0 Å². The minimum atomic E-state index is 0.143. The van der Waals surface area contributed by atoms with Crippen LogP contribution in [0.15, 0.2) is 23.3 Å². The first-order valence-corrected chi connectivity index (χ1v) is 5.19. The Hall–Kier alpha value is -1.55. The predicted octanol–water partition coefficient (Wildman–Crippen LogP) is 1.91. The van der Waals surface area contributed by atoms with Gasteiger partial charge in [-0.05, 0) is 37.6 Å². The molecule has 0 heterocycles. The molecule has 1 rings (SSSR count). The van der Waals surface area contributed by atoms with Gasteiger partial charge in [-0.25, -0.2) is 0 Å². The molecule has 0 aliphatic heterocycles. The molecule has 88 valence electrons. The van der Waals surface area contributed by atoms with Crippen molar-refractivity contribution in [3.05, 3.63) is 29.3 Å². The molecule has 0 aliphatic carbocycles. The fourth-order valence-electron chi connectivity index (χ4n) is 1.40. The summed E-state index contributed by atoms with van der Waals surface area (Å²) in [6.45, 7) is 4.49.